The van der Waals surface area contributed by atoms with Gasteiger partial charge in [-0.1, -0.05) is 6.07 Å². The van der Waals surface area contributed by atoms with E-state index in [2.05, 4.69) is 64.1 Å². The summed E-state index contributed by atoms with van der Waals surface area (Å²) in [5, 5.41) is 18.4. The third-order valence-electron chi connectivity index (χ3n) is 7.32. The predicted molar refractivity (Wildman–Crippen MR) is 116 cm³/mol. The van der Waals surface area contributed by atoms with E-state index in [4.69, 9.17) is 4.74 Å². The van der Waals surface area contributed by atoms with Crippen LogP contribution in [-0.2, 0) is 22.6 Å². The zero-order valence-electron chi connectivity index (χ0n) is 18.3. The number of hydrogen-bond donors (Lipinski definition) is 3. The van der Waals surface area contributed by atoms with Crippen LogP contribution in [0, 0.1) is 23.2 Å². The van der Waals surface area contributed by atoms with E-state index in [0.29, 0.717) is 25.8 Å². The summed E-state index contributed by atoms with van der Waals surface area (Å²) in [5.41, 5.74) is 7.32. The Morgan fingerprint density at radius 1 is 1.23 bits per heavy atom. The Hall–Kier alpha value is -2.18. The first-order valence-electron chi connectivity index (χ1n) is 11.5. The third-order valence-corrected chi connectivity index (χ3v) is 7.32. The van der Waals surface area contributed by atoms with Crippen LogP contribution in [0.2, 0.25) is 0 Å². The number of amides is 1. The monoisotopic (exact) mass is 424 g/mol. The van der Waals surface area contributed by atoms with Gasteiger partial charge in [0.25, 0.3) is 0 Å². The van der Waals surface area contributed by atoms with Gasteiger partial charge in [0.05, 0.1) is 30.6 Å². The Balaban J connectivity index is 1.36. The Morgan fingerprint density at radius 3 is 2.87 bits per heavy atom. The second-order valence-corrected chi connectivity index (χ2v) is 9.48. The molecule has 5 rings (SSSR count). The maximum absolute atomic E-state index is 12.8. The highest BCUT2D eigenvalue weighted by Crippen LogP contribution is 2.34. The molecule has 3 fully saturated rings. The molecule has 3 unspecified atom stereocenters. The smallest absolute Gasteiger partial charge is 0.228 e. The van der Waals surface area contributed by atoms with Crippen LogP contribution in [0.25, 0.3) is 0 Å². The van der Waals surface area contributed by atoms with Crippen molar-refractivity contribution in [1.82, 2.24) is 20.7 Å². The van der Waals surface area contributed by atoms with Gasteiger partial charge in [0, 0.05) is 44.0 Å². The highest BCUT2D eigenvalue weighted by atomic mass is 16.5. The molecule has 5 atom stereocenters. The van der Waals surface area contributed by atoms with E-state index in [0.717, 1.165) is 31.6 Å². The molecular weight excluding hydrogens is 392 g/mol. The quantitative estimate of drug-likeness (QED) is 0.673. The summed E-state index contributed by atoms with van der Waals surface area (Å²) < 4.78 is 5.71. The van der Waals surface area contributed by atoms with Crippen molar-refractivity contribution in [3.8, 4) is 6.07 Å². The molecule has 0 spiro atoms. The van der Waals surface area contributed by atoms with Crippen molar-refractivity contribution in [1.29, 1.82) is 5.26 Å². The van der Waals surface area contributed by atoms with Gasteiger partial charge in [-0.15, -0.1) is 0 Å². The predicted octanol–water partition coefficient (Wildman–Crippen LogP) is 1.40. The van der Waals surface area contributed by atoms with Gasteiger partial charge < -0.3 is 15.4 Å². The lowest BCUT2D eigenvalue weighted by atomic mass is 9.88. The molecule has 166 valence electrons. The highest BCUT2D eigenvalue weighted by Gasteiger charge is 2.51. The van der Waals surface area contributed by atoms with E-state index >= 15 is 0 Å². The van der Waals surface area contributed by atoms with Gasteiger partial charge in [-0.2, -0.15) is 5.26 Å². The minimum absolute atomic E-state index is 0.0384. The van der Waals surface area contributed by atoms with Gasteiger partial charge in [0.15, 0.2) is 0 Å². The van der Waals surface area contributed by atoms with Crippen molar-refractivity contribution in [3.05, 3.63) is 29.3 Å². The Labute approximate surface area is 183 Å². The van der Waals surface area contributed by atoms with Gasteiger partial charge >= 0.3 is 0 Å². The number of anilines is 1. The molecule has 4 aliphatic rings. The number of piperidine rings is 1. The van der Waals surface area contributed by atoms with Gasteiger partial charge in [-0.25, -0.2) is 10.4 Å². The normalized spacial score (nSPS) is 33.6. The number of nitriles is 1. The van der Waals surface area contributed by atoms with Crippen LogP contribution in [0.3, 0.4) is 0 Å². The first-order valence-corrected chi connectivity index (χ1v) is 11.5. The number of ether oxygens (including phenoxy) is 1. The van der Waals surface area contributed by atoms with Crippen LogP contribution in [0.5, 0.6) is 0 Å². The minimum atomic E-state index is -0.216. The van der Waals surface area contributed by atoms with E-state index in [1.54, 1.807) is 0 Å². The molecule has 1 amide bonds. The SMILES string of the molecule is CC(C)N1Cc2ccc(NC3NN([C@H]4COCC[C@@H]4C#N)C4CCNC(=O)C34)cc2C1. The number of fused-ring (bicyclic) bond motifs is 2. The van der Waals surface area contributed by atoms with Gasteiger partial charge in [-0.05, 0) is 49.9 Å². The van der Waals surface area contributed by atoms with Crippen molar-refractivity contribution >= 4 is 11.6 Å². The first-order chi connectivity index (χ1) is 15.0. The van der Waals surface area contributed by atoms with Crippen molar-refractivity contribution in [2.24, 2.45) is 11.8 Å². The number of nitrogens with one attached hydrogen (secondary N) is 3. The molecule has 31 heavy (non-hydrogen) atoms. The van der Waals surface area contributed by atoms with Crippen LogP contribution in [0.15, 0.2) is 18.2 Å². The lowest BCUT2D eigenvalue weighted by Gasteiger charge is -2.39. The molecule has 1 aromatic carbocycles. The summed E-state index contributed by atoms with van der Waals surface area (Å²) in [5.74, 6) is -0.232. The Morgan fingerprint density at radius 2 is 2.06 bits per heavy atom. The molecule has 8 heteroatoms. The highest BCUT2D eigenvalue weighted by molar-refractivity contribution is 5.82. The maximum atomic E-state index is 12.8. The van der Waals surface area contributed by atoms with Crippen molar-refractivity contribution < 1.29 is 9.53 Å². The number of hydrazine groups is 1. The molecule has 0 bridgehead atoms. The summed E-state index contributed by atoms with van der Waals surface area (Å²) in [6.45, 7) is 8.23. The summed E-state index contributed by atoms with van der Waals surface area (Å²) in [7, 11) is 0. The third kappa shape index (κ3) is 3.80. The zero-order valence-corrected chi connectivity index (χ0v) is 18.3. The summed E-state index contributed by atoms with van der Waals surface area (Å²) >= 11 is 0. The fourth-order valence-electron chi connectivity index (χ4n) is 5.50. The van der Waals surface area contributed by atoms with Crippen LogP contribution in [-0.4, -0.2) is 59.9 Å². The number of hydrogen-bond acceptors (Lipinski definition) is 7. The van der Waals surface area contributed by atoms with E-state index in [1.807, 2.05) is 0 Å². The number of carbonyl (C=O) groups is 1. The lowest BCUT2D eigenvalue weighted by Crippen LogP contribution is -2.56. The maximum Gasteiger partial charge on any atom is 0.228 e. The summed E-state index contributed by atoms with van der Waals surface area (Å²) in [4.78, 5) is 15.3. The van der Waals surface area contributed by atoms with Crippen LogP contribution in [0.4, 0.5) is 5.69 Å². The standard InChI is InChI=1S/C23H32N6O2/c1-14(2)28-11-16-3-4-18(9-17(16)12-28)26-22-21-19(5-7-25-23(21)30)29(27-22)20-13-31-8-6-15(20)10-24/h3-4,9,14-15,19-22,26-27H,5-8,11-13H2,1-2H3,(H,25,30)/t15-,19?,20+,21?,22?/m1/s1. The molecule has 3 N–H and O–H groups in total. The average molecular weight is 425 g/mol. The molecular formula is C23H32N6O2. The zero-order chi connectivity index (χ0) is 21.5. The number of carbonyl (C=O) groups excluding carboxylic acids is 1. The van der Waals surface area contributed by atoms with Gasteiger partial charge in [0.2, 0.25) is 5.91 Å². The van der Waals surface area contributed by atoms with E-state index < -0.39 is 0 Å². The van der Waals surface area contributed by atoms with Crippen LogP contribution in [0.1, 0.15) is 37.8 Å². The molecule has 1 aromatic rings. The Kier molecular flexibility index (Phi) is 5.61. The molecule has 3 saturated heterocycles. The molecule has 0 radical (unpaired) electrons. The molecule has 4 aliphatic heterocycles. The molecule has 4 heterocycles. The topological polar surface area (TPSA) is 92.7 Å². The van der Waals surface area contributed by atoms with Crippen molar-refractivity contribution in [2.75, 3.05) is 25.1 Å². The molecule has 0 aliphatic carbocycles. The van der Waals surface area contributed by atoms with Gasteiger partial charge in [-0.3, -0.25) is 9.69 Å². The average Bonchev–Trinajstić information content (AvgIpc) is 3.36. The van der Waals surface area contributed by atoms with E-state index in [1.165, 1.54) is 11.1 Å². The molecule has 8 nitrogen and oxygen atoms in total. The number of nitrogens with zero attached hydrogens (tertiary/aromatic N) is 3. The summed E-state index contributed by atoms with van der Waals surface area (Å²) in [6, 6.07) is 9.53. The fourth-order valence-corrected chi connectivity index (χ4v) is 5.50. The van der Waals surface area contributed by atoms with Crippen molar-refractivity contribution in [3.63, 3.8) is 0 Å². The van der Waals surface area contributed by atoms with Crippen LogP contribution >= 0.6 is 0 Å². The number of rotatable bonds is 4. The second kappa shape index (κ2) is 8.40. The summed E-state index contributed by atoms with van der Waals surface area (Å²) in [6.07, 6.45) is 1.38. The molecule has 0 aromatic heterocycles. The largest absolute Gasteiger partial charge is 0.380 e. The van der Waals surface area contributed by atoms with Crippen molar-refractivity contribution in [2.45, 2.75) is 64.1 Å². The minimum Gasteiger partial charge on any atom is -0.380 e. The first kappa shape index (κ1) is 20.7. The van der Waals surface area contributed by atoms with Crippen LogP contribution < -0.4 is 16.1 Å². The van der Waals surface area contributed by atoms with E-state index in [-0.39, 0.29) is 36.0 Å². The lowest BCUT2D eigenvalue weighted by molar-refractivity contribution is -0.128. The fraction of sp³-hybridized carbons (Fsp3) is 0.652. The van der Waals surface area contributed by atoms with E-state index in [9.17, 15) is 10.1 Å². The number of benzene rings is 1. The van der Waals surface area contributed by atoms with Gasteiger partial charge in [0.1, 0.15) is 6.17 Å². The Bertz CT molecular complexity index is 883. The second-order valence-electron chi connectivity index (χ2n) is 9.48. The molecule has 0 saturated carbocycles.